The minimum atomic E-state index is 0.0817. The van der Waals surface area contributed by atoms with Gasteiger partial charge in [-0.05, 0) is 42.8 Å². The predicted octanol–water partition coefficient (Wildman–Crippen LogP) is 3.91. The van der Waals surface area contributed by atoms with Gasteiger partial charge in [-0.2, -0.15) is 0 Å². The monoisotopic (exact) mass is 321 g/mol. The Morgan fingerprint density at radius 2 is 1.82 bits per heavy atom. The van der Waals surface area contributed by atoms with Gasteiger partial charge in [0.1, 0.15) is 5.75 Å². The van der Waals surface area contributed by atoms with E-state index in [4.69, 9.17) is 21.1 Å². The van der Waals surface area contributed by atoms with E-state index in [0.717, 1.165) is 11.1 Å². The average Bonchev–Trinajstić information content (AvgIpc) is 2.54. The molecule has 0 radical (unpaired) electrons. The zero-order valence-electron chi connectivity index (χ0n) is 12.9. The van der Waals surface area contributed by atoms with Gasteiger partial charge in [-0.3, -0.25) is 0 Å². The predicted molar refractivity (Wildman–Crippen MR) is 87.9 cm³/mol. The molecule has 0 aliphatic carbocycles. The number of hydrogen-bond donors (Lipinski definition) is 2. The van der Waals surface area contributed by atoms with E-state index in [-0.39, 0.29) is 11.8 Å². The van der Waals surface area contributed by atoms with Crippen LogP contribution in [0.25, 0.3) is 0 Å². The number of methoxy groups -OCH3 is 2. The van der Waals surface area contributed by atoms with E-state index in [9.17, 15) is 5.11 Å². The van der Waals surface area contributed by atoms with Gasteiger partial charge in [0, 0.05) is 23.2 Å². The standard InChI is InChI=1S/C17H20ClNO3/c1-11(12-4-7-16(21-2)17(9-12)22-3)19-10-13-8-14(18)5-6-15(13)20/h4-9,11,19-20H,10H2,1-3H3/t11-/m1/s1. The summed E-state index contributed by atoms with van der Waals surface area (Å²) < 4.78 is 10.6. The molecule has 2 aromatic rings. The summed E-state index contributed by atoms with van der Waals surface area (Å²) in [6, 6.07) is 10.9. The van der Waals surface area contributed by atoms with Crippen LogP contribution in [0.15, 0.2) is 36.4 Å². The highest BCUT2D eigenvalue weighted by molar-refractivity contribution is 6.30. The van der Waals surface area contributed by atoms with Crippen LogP contribution in [0.4, 0.5) is 0 Å². The summed E-state index contributed by atoms with van der Waals surface area (Å²) >= 11 is 5.95. The van der Waals surface area contributed by atoms with Crippen LogP contribution in [-0.2, 0) is 6.54 Å². The van der Waals surface area contributed by atoms with Gasteiger partial charge < -0.3 is 19.9 Å². The minimum Gasteiger partial charge on any atom is -0.508 e. The van der Waals surface area contributed by atoms with Gasteiger partial charge in [-0.1, -0.05) is 17.7 Å². The van der Waals surface area contributed by atoms with E-state index in [2.05, 4.69) is 5.32 Å². The second-order valence-electron chi connectivity index (χ2n) is 4.99. The number of halogens is 1. The van der Waals surface area contributed by atoms with Crippen LogP contribution in [0, 0.1) is 0 Å². The van der Waals surface area contributed by atoms with Gasteiger partial charge in [0.15, 0.2) is 11.5 Å². The van der Waals surface area contributed by atoms with Crippen molar-refractivity contribution in [3.63, 3.8) is 0 Å². The first-order valence-electron chi connectivity index (χ1n) is 6.98. The molecule has 0 unspecified atom stereocenters. The third-order valence-corrected chi connectivity index (χ3v) is 3.78. The number of ether oxygens (including phenoxy) is 2. The molecule has 0 aliphatic rings. The first-order chi connectivity index (χ1) is 10.5. The van der Waals surface area contributed by atoms with Crippen LogP contribution >= 0.6 is 11.6 Å². The van der Waals surface area contributed by atoms with Crippen LogP contribution < -0.4 is 14.8 Å². The maximum Gasteiger partial charge on any atom is 0.161 e. The summed E-state index contributed by atoms with van der Waals surface area (Å²) in [5, 5.41) is 13.8. The van der Waals surface area contributed by atoms with Crippen molar-refractivity contribution in [1.82, 2.24) is 5.32 Å². The fourth-order valence-electron chi connectivity index (χ4n) is 2.20. The second-order valence-corrected chi connectivity index (χ2v) is 5.43. The number of phenols is 1. The number of rotatable bonds is 6. The van der Waals surface area contributed by atoms with Crippen molar-refractivity contribution in [2.24, 2.45) is 0 Å². The molecule has 22 heavy (non-hydrogen) atoms. The smallest absolute Gasteiger partial charge is 0.161 e. The number of phenolic OH excluding ortho intramolecular Hbond substituents is 1. The lowest BCUT2D eigenvalue weighted by Gasteiger charge is -2.17. The summed E-state index contributed by atoms with van der Waals surface area (Å²) in [7, 11) is 3.23. The van der Waals surface area contributed by atoms with Crippen molar-refractivity contribution >= 4 is 11.6 Å². The highest BCUT2D eigenvalue weighted by atomic mass is 35.5. The first-order valence-corrected chi connectivity index (χ1v) is 7.35. The van der Waals surface area contributed by atoms with Gasteiger partial charge in [0.25, 0.3) is 0 Å². The Hall–Kier alpha value is -1.91. The van der Waals surface area contributed by atoms with Gasteiger partial charge in [-0.25, -0.2) is 0 Å². The van der Waals surface area contributed by atoms with E-state index in [1.54, 1.807) is 32.4 Å². The van der Waals surface area contributed by atoms with Crippen LogP contribution in [0.2, 0.25) is 5.02 Å². The summed E-state index contributed by atoms with van der Waals surface area (Å²) in [4.78, 5) is 0. The topological polar surface area (TPSA) is 50.7 Å². The molecule has 2 aromatic carbocycles. The molecule has 0 aromatic heterocycles. The molecule has 0 aliphatic heterocycles. The van der Waals surface area contributed by atoms with Crippen molar-refractivity contribution < 1.29 is 14.6 Å². The Morgan fingerprint density at radius 1 is 1.09 bits per heavy atom. The van der Waals surface area contributed by atoms with Crippen molar-refractivity contribution in [2.45, 2.75) is 19.5 Å². The van der Waals surface area contributed by atoms with Crippen molar-refractivity contribution in [3.8, 4) is 17.2 Å². The molecule has 0 heterocycles. The number of aromatic hydroxyl groups is 1. The first kappa shape index (κ1) is 16.5. The molecule has 2 N–H and O–H groups in total. The van der Waals surface area contributed by atoms with Crippen LogP contribution in [0.5, 0.6) is 17.2 Å². The van der Waals surface area contributed by atoms with E-state index >= 15 is 0 Å². The quantitative estimate of drug-likeness (QED) is 0.847. The molecular weight excluding hydrogens is 302 g/mol. The Morgan fingerprint density at radius 3 is 2.50 bits per heavy atom. The zero-order valence-corrected chi connectivity index (χ0v) is 13.6. The van der Waals surface area contributed by atoms with E-state index in [1.165, 1.54) is 0 Å². The minimum absolute atomic E-state index is 0.0817. The van der Waals surface area contributed by atoms with E-state index in [1.807, 2.05) is 25.1 Å². The maximum atomic E-state index is 9.83. The molecule has 1 atom stereocenters. The lowest BCUT2D eigenvalue weighted by molar-refractivity contribution is 0.354. The van der Waals surface area contributed by atoms with Gasteiger partial charge in [-0.15, -0.1) is 0 Å². The fourth-order valence-corrected chi connectivity index (χ4v) is 2.39. The molecular formula is C17H20ClNO3. The highest BCUT2D eigenvalue weighted by Crippen LogP contribution is 2.30. The summed E-state index contributed by atoms with van der Waals surface area (Å²) in [6.07, 6.45) is 0. The van der Waals surface area contributed by atoms with Crippen molar-refractivity contribution in [3.05, 3.63) is 52.5 Å². The lowest BCUT2D eigenvalue weighted by Crippen LogP contribution is -2.18. The van der Waals surface area contributed by atoms with Gasteiger partial charge >= 0.3 is 0 Å². The molecule has 118 valence electrons. The highest BCUT2D eigenvalue weighted by Gasteiger charge is 2.11. The van der Waals surface area contributed by atoms with E-state index in [0.29, 0.717) is 23.1 Å². The SMILES string of the molecule is COc1ccc([C@@H](C)NCc2cc(Cl)ccc2O)cc1OC. The Labute approximate surface area is 135 Å². The second kappa shape index (κ2) is 7.38. The van der Waals surface area contributed by atoms with Crippen molar-refractivity contribution in [1.29, 1.82) is 0 Å². The molecule has 0 bridgehead atoms. The van der Waals surface area contributed by atoms with Crippen LogP contribution in [0.1, 0.15) is 24.1 Å². The van der Waals surface area contributed by atoms with Gasteiger partial charge in [0.05, 0.1) is 14.2 Å². The van der Waals surface area contributed by atoms with E-state index < -0.39 is 0 Å². The molecule has 0 fully saturated rings. The summed E-state index contributed by atoms with van der Waals surface area (Å²) in [5.41, 5.74) is 1.83. The molecule has 0 saturated carbocycles. The number of hydrogen-bond acceptors (Lipinski definition) is 4. The molecule has 0 amide bonds. The lowest BCUT2D eigenvalue weighted by atomic mass is 10.1. The maximum absolute atomic E-state index is 9.83. The Kier molecular flexibility index (Phi) is 5.52. The largest absolute Gasteiger partial charge is 0.508 e. The van der Waals surface area contributed by atoms with Crippen LogP contribution in [-0.4, -0.2) is 19.3 Å². The average molecular weight is 322 g/mol. The van der Waals surface area contributed by atoms with Gasteiger partial charge in [0.2, 0.25) is 0 Å². The molecule has 0 saturated heterocycles. The van der Waals surface area contributed by atoms with Crippen molar-refractivity contribution in [2.75, 3.05) is 14.2 Å². The summed E-state index contributed by atoms with van der Waals surface area (Å²) in [5.74, 6) is 1.63. The molecule has 4 nitrogen and oxygen atoms in total. The van der Waals surface area contributed by atoms with Crippen LogP contribution in [0.3, 0.4) is 0 Å². The fraction of sp³-hybridized carbons (Fsp3) is 0.294. The number of nitrogens with one attached hydrogen (secondary N) is 1. The Balaban J connectivity index is 2.09. The molecule has 5 heteroatoms. The zero-order chi connectivity index (χ0) is 16.1. The molecule has 0 spiro atoms. The Bertz CT molecular complexity index is 646. The summed E-state index contributed by atoms with van der Waals surface area (Å²) in [6.45, 7) is 2.56. The molecule has 2 rings (SSSR count). The third-order valence-electron chi connectivity index (χ3n) is 3.55. The number of benzene rings is 2. The third kappa shape index (κ3) is 3.84. The normalized spacial score (nSPS) is 12.0.